The molecule has 2 N–H and O–H groups in total. The highest BCUT2D eigenvalue weighted by Gasteiger charge is 2.06. The molecule has 2 aromatic rings. The molecule has 2 aromatic carbocycles. The average Bonchev–Trinajstić information content (AvgIpc) is 2.57. The second kappa shape index (κ2) is 9.15. The van der Waals surface area contributed by atoms with Crippen LogP contribution in [0.3, 0.4) is 0 Å². The van der Waals surface area contributed by atoms with Crippen molar-refractivity contribution in [3.63, 3.8) is 0 Å². The van der Waals surface area contributed by atoms with Gasteiger partial charge in [0.25, 0.3) is 5.91 Å². The molecule has 0 aliphatic carbocycles. The Morgan fingerprint density at radius 3 is 2.38 bits per heavy atom. The minimum Gasteiger partial charge on any atom is -0.385 e. The molecule has 136 valence electrons. The Morgan fingerprint density at radius 2 is 1.77 bits per heavy atom. The average molecular weight is 418 g/mol. The van der Waals surface area contributed by atoms with Gasteiger partial charge in [-0.2, -0.15) is 0 Å². The molecule has 0 bridgehead atoms. The van der Waals surface area contributed by atoms with E-state index in [1.54, 1.807) is 19.1 Å². The van der Waals surface area contributed by atoms with E-state index in [1.165, 1.54) is 6.92 Å². The van der Waals surface area contributed by atoms with Crippen LogP contribution in [0.5, 0.6) is 0 Å². The number of hydrogen-bond donors (Lipinski definition) is 2. The zero-order valence-corrected chi connectivity index (χ0v) is 16.4. The molecule has 2 rings (SSSR count). The Morgan fingerprint density at radius 1 is 1.08 bits per heavy atom. The zero-order valence-electron chi connectivity index (χ0n) is 14.8. The fraction of sp³-hybridized carbons (Fsp3) is 0.211. The van der Waals surface area contributed by atoms with Gasteiger partial charge >= 0.3 is 0 Å². The van der Waals surface area contributed by atoms with E-state index in [9.17, 15) is 9.59 Å². The van der Waals surface area contributed by atoms with Gasteiger partial charge in [-0.25, -0.2) is 0 Å². The second-order valence-electron chi connectivity index (χ2n) is 5.72. The number of halogens is 1. The smallest absolute Gasteiger partial charge is 0.265 e. The van der Waals surface area contributed by atoms with E-state index in [-0.39, 0.29) is 18.4 Å². The highest BCUT2D eigenvalue weighted by Crippen LogP contribution is 2.19. The Balaban J connectivity index is 1.88. The molecule has 0 aliphatic rings. The van der Waals surface area contributed by atoms with Crippen molar-refractivity contribution in [2.24, 2.45) is 5.16 Å². The standard InChI is InChI=1S/C19H20BrN3O3/c1-12-10-16(20)6-9-18(12)22-19(25)11-26-23-13(2)15-4-7-17(8-5-15)21-14(3)24/h4-10H,11H2,1-3H3,(H,21,24)(H,22,25)/b23-13+. The van der Waals surface area contributed by atoms with Crippen LogP contribution in [0.25, 0.3) is 0 Å². The van der Waals surface area contributed by atoms with Crippen molar-refractivity contribution in [3.05, 3.63) is 58.1 Å². The van der Waals surface area contributed by atoms with Gasteiger partial charge in [-0.3, -0.25) is 9.59 Å². The molecule has 6 nitrogen and oxygen atoms in total. The number of benzene rings is 2. The molecule has 2 amide bonds. The number of nitrogens with one attached hydrogen (secondary N) is 2. The Hall–Kier alpha value is -2.67. The van der Waals surface area contributed by atoms with Crippen molar-refractivity contribution in [1.82, 2.24) is 0 Å². The normalized spacial score (nSPS) is 11.0. The second-order valence-corrected chi connectivity index (χ2v) is 6.63. The number of carbonyl (C=O) groups excluding carboxylic acids is 2. The van der Waals surface area contributed by atoms with Crippen LogP contribution in [0.4, 0.5) is 11.4 Å². The summed E-state index contributed by atoms with van der Waals surface area (Å²) < 4.78 is 0.953. The monoisotopic (exact) mass is 417 g/mol. The first-order chi connectivity index (χ1) is 12.3. The van der Waals surface area contributed by atoms with Gasteiger partial charge in [0.2, 0.25) is 5.91 Å². The lowest BCUT2D eigenvalue weighted by Gasteiger charge is -2.08. The van der Waals surface area contributed by atoms with Gasteiger partial charge in [0.15, 0.2) is 6.61 Å². The van der Waals surface area contributed by atoms with Crippen LogP contribution >= 0.6 is 15.9 Å². The lowest BCUT2D eigenvalue weighted by atomic mass is 10.1. The molecule has 0 saturated carbocycles. The van der Waals surface area contributed by atoms with Gasteiger partial charge in [0, 0.05) is 22.8 Å². The number of aryl methyl sites for hydroxylation is 1. The number of carbonyl (C=O) groups is 2. The third-order valence-corrected chi connectivity index (χ3v) is 3.98. The van der Waals surface area contributed by atoms with Crippen LogP contribution in [0.2, 0.25) is 0 Å². The summed E-state index contributed by atoms with van der Waals surface area (Å²) in [5.41, 5.74) is 3.86. The molecule has 0 spiro atoms. The number of anilines is 2. The predicted octanol–water partition coefficient (Wildman–Crippen LogP) is 4.10. The van der Waals surface area contributed by atoms with E-state index in [1.807, 2.05) is 37.3 Å². The van der Waals surface area contributed by atoms with Crippen molar-refractivity contribution < 1.29 is 14.4 Å². The van der Waals surface area contributed by atoms with E-state index in [2.05, 4.69) is 31.7 Å². The first kappa shape index (κ1) is 19.7. The quantitative estimate of drug-likeness (QED) is 0.548. The SMILES string of the molecule is CC(=O)Nc1ccc(/C(C)=N/OCC(=O)Nc2ccc(Br)cc2C)cc1. The van der Waals surface area contributed by atoms with Crippen molar-refractivity contribution in [1.29, 1.82) is 0 Å². The first-order valence-electron chi connectivity index (χ1n) is 7.96. The molecule has 0 fully saturated rings. The summed E-state index contributed by atoms with van der Waals surface area (Å²) in [6.07, 6.45) is 0. The Bertz CT molecular complexity index is 832. The number of amides is 2. The first-order valence-corrected chi connectivity index (χ1v) is 8.75. The van der Waals surface area contributed by atoms with Gasteiger partial charge in [0.05, 0.1) is 5.71 Å². The summed E-state index contributed by atoms with van der Waals surface area (Å²) in [7, 11) is 0. The van der Waals surface area contributed by atoms with Crippen LogP contribution < -0.4 is 10.6 Å². The van der Waals surface area contributed by atoms with E-state index in [4.69, 9.17) is 4.84 Å². The summed E-state index contributed by atoms with van der Waals surface area (Å²) in [5, 5.41) is 9.44. The highest BCUT2D eigenvalue weighted by molar-refractivity contribution is 9.10. The van der Waals surface area contributed by atoms with Gasteiger partial charge in [-0.05, 0) is 55.3 Å². The molecular weight excluding hydrogens is 398 g/mol. The lowest BCUT2D eigenvalue weighted by Crippen LogP contribution is -2.18. The molecule has 0 aliphatic heterocycles. The van der Waals surface area contributed by atoms with Crippen LogP contribution in [0.1, 0.15) is 25.0 Å². The lowest BCUT2D eigenvalue weighted by molar-refractivity contribution is -0.120. The van der Waals surface area contributed by atoms with E-state index < -0.39 is 0 Å². The summed E-state index contributed by atoms with van der Waals surface area (Å²) in [6.45, 7) is 4.96. The van der Waals surface area contributed by atoms with Gasteiger partial charge in [0.1, 0.15) is 0 Å². The predicted molar refractivity (Wildman–Crippen MR) is 106 cm³/mol. The topological polar surface area (TPSA) is 79.8 Å². The van der Waals surface area contributed by atoms with Gasteiger partial charge < -0.3 is 15.5 Å². The third-order valence-electron chi connectivity index (χ3n) is 3.48. The van der Waals surface area contributed by atoms with E-state index >= 15 is 0 Å². The summed E-state index contributed by atoms with van der Waals surface area (Å²) in [6, 6.07) is 12.8. The van der Waals surface area contributed by atoms with Crippen molar-refractivity contribution in [3.8, 4) is 0 Å². The molecule has 0 atom stereocenters. The summed E-state index contributed by atoms with van der Waals surface area (Å²) in [5.74, 6) is -0.411. The molecule has 0 unspecified atom stereocenters. The highest BCUT2D eigenvalue weighted by atomic mass is 79.9. The van der Waals surface area contributed by atoms with E-state index in [0.717, 1.165) is 21.3 Å². The summed E-state index contributed by atoms with van der Waals surface area (Å²) >= 11 is 3.38. The Labute approximate surface area is 160 Å². The molecule has 0 heterocycles. The molecule has 0 radical (unpaired) electrons. The van der Waals surface area contributed by atoms with Crippen LogP contribution in [-0.2, 0) is 14.4 Å². The fourth-order valence-electron chi connectivity index (χ4n) is 2.19. The third kappa shape index (κ3) is 6.00. The van der Waals surface area contributed by atoms with E-state index in [0.29, 0.717) is 11.4 Å². The number of hydrogen-bond acceptors (Lipinski definition) is 4. The van der Waals surface area contributed by atoms with Crippen LogP contribution in [0.15, 0.2) is 52.1 Å². The van der Waals surface area contributed by atoms with Crippen LogP contribution in [0, 0.1) is 6.92 Å². The number of oxime groups is 1. The molecular formula is C19H20BrN3O3. The molecule has 0 aromatic heterocycles. The molecule has 26 heavy (non-hydrogen) atoms. The van der Waals surface area contributed by atoms with Crippen molar-refractivity contribution >= 4 is 44.8 Å². The number of rotatable bonds is 6. The minimum absolute atomic E-state index is 0.126. The minimum atomic E-state index is -0.284. The molecule has 7 heteroatoms. The fourth-order valence-corrected chi connectivity index (χ4v) is 2.67. The van der Waals surface area contributed by atoms with Gasteiger partial charge in [-0.1, -0.05) is 33.2 Å². The maximum atomic E-state index is 12.0. The zero-order chi connectivity index (χ0) is 19.1. The van der Waals surface area contributed by atoms with Crippen molar-refractivity contribution in [2.75, 3.05) is 17.2 Å². The molecule has 0 saturated heterocycles. The summed E-state index contributed by atoms with van der Waals surface area (Å²) in [4.78, 5) is 28.1. The van der Waals surface area contributed by atoms with Gasteiger partial charge in [-0.15, -0.1) is 0 Å². The largest absolute Gasteiger partial charge is 0.385 e. The Kier molecular flexibility index (Phi) is 6.91. The maximum absolute atomic E-state index is 12.0. The number of nitrogens with zero attached hydrogens (tertiary/aromatic N) is 1. The van der Waals surface area contributed by atoms with Crippen molar-refractivity contribution in [2.45, 2.75) is 20.8 Å². The van der Waals surface area contributed by atoms with Crippen LogP contribution in [-0.4, -0.2) is 24.1 Å². The maximum Gasteiger partial charge on any atom is 0.265 e.